The summed E-state index contributed by atoms with van der Waals surface area (Å²) in [6.07, 6.45) is 3.19. The third kappa shape index (κ3) is 6.47. The molecule has 1 N–H and O–H groups in total. The molecule has 0 aliphatic carbocycles. The maximum atomic E-state index is 4.75. The summed E-state index contributed by atoms with van der Waals surface area (Å²) in [6, 6.07) is 2.28. The minimum absolute atomic E-state index is 0.649. The Morgan fingerprint density at radius 2 is 1.76 bits per heavy atom. The molecule has 3 heteroatoms. The molecule has 1 aromatic heterocycles. The highest BCUT2D eigenvalue weighted by atomic mass is 15.2. The van der Waals surface area contributed by atoms with Gasteiger partial charge >= 0.3 is 0 Å². The van der Waals surface area contributed by atoms with Crippen LogP contribution >= 0.6 is 0 Å². The van der Waals surface area contributed by atoms with Crippen LogP contribution in [0.2, 0.25) is 0 Å². The fourth-order valence-electron chi connectivity index (χ4n) is 2.59. The predicted molar refractivity (Wildman–Crippen MR) is 92.9 cm³/mol. The first-order valence-corrected chi connectivity index (χ1v) is 8.35. The molecule has 0 radical (unpaired) electrons. The van der Waals surface area contributed by atoms with Crippen LogP contribution < -0.4 is 10.2 Å². The van der Waals surface area contributed by atoms with Gasteiger partial charge in [0.1, 0.15) is 5.82 Å². The van der Waals surface area contributed by atoms with Gasteiger partial charge in [0.2, 0.25) is 0 Å². The Morgan fingerprint density at radius 1 is 1.14 bits per heavy atom. The molecule has 0 aliphatic heterocycles. The van der Waals surface area contributed by atoms with E-state index in [-0.39, 0.29) is 0 Å². The fraction of sp³-hybridized carbons (Fsp3) is 0.722. The van der Waals surface area contributed by atoms with Crippen LogP contribution in [0.3, 0.4) is 0 Å². The van der Waals surface area contributed by atoms with Crippen molar-refractivity contribution >= 4 is 5.82 Å². The number of hydrogen-bond donors (Lipinski definition) is 1. The van der Waals surface area contributed by atoms with Crippen molar-refractivity contribution in [1.29, 1.82) is 0 Å². The predicted octanol–water partition coefficient (Wildman–Crippen LogP) is 4.01. The summed E-state index contributed by atoms with van der Waals surface area (Å²) >= 11 is 0. The maximum Gasteiger partial charge on any atom is 0.131 e. The van der Waals surface area contributed by atoms with Crippen molar-refractivity contribution in [2.45, 2.75) is 54.5 Å². The highest BCUT2D eigenvalue weighted by Crippen LogP contribution is 2.20. The van der Waals surface area contributed by atoms with E-state index in [1.165, 1.54) is 17.5 Å². The molecule has 0 saturated heterocycles. The monoisotopic (exact) mass is 291 g/mol. The van der Waals surface area contributed by atoms with Crippen LogP contribution in [0.5, 0.6) is 0 Å². The number of nitrogens with zero attached hydrogens (tertiary/aromatic N) is 2. The zero-order valence-electron chi connectivity index (χ0n) is 14.7. The zero-order chi connectivity index (χ0) is 15.8. The quantitative estimate of drug-likeness (QED) is 0.697. The Labute approximate surface area is 131 Å². The number of rotatable bonds is 9. The number of aryl methyl sites for hydroxylation is 1. The normalized spacial score (nSPS) is 11.4. The van der Waals surface area contributed by atoms with E-state index in [0.29, 0.717) is 11.8 Å². The van der Waals surface area contributed by atoms with E-state index >= 15 is 0 Å². The lowest BCUT2D eigenvalue weighted by Crippen LogP contribution is -2.32. The molecular weight excluding hydrogens is 258 g/mol. The van der Waals surface area contributed by atoms with Crippen LogP contribution in [-0.2, 0) is 6.54 Å². The van der Waals surface area contributed by atoms with Gasteiger partial charge in [-0.3, -0.25) is 0 Å². The number of pyridine rings is 1. The molecule has 0 fully saturated rings. The van der Waals surface area contributed by atoms with Gasteiger partial charge in [0.25, 0.3) is 0 Å². The first-order valence-electron chi connectivity index (χ1n) is 8.35. The van der Waals surface area contributed by atoms with Crippen LogP contribution in [0, 0.1) is 18.8 Å². The minimum atomic E-state index is 0.649. The fourth-order valence-corrected chi connectivity index (χ4v) is 2.59. The minimum Gasteiger partial charge on any atom is -0.356 e. The second-order valence-electron chi connectivity index (χ2n) is 6.85. The van der Waals surface area contributed by atoms with Gasteiger partial charge in [-0.1, -0.05) is 34.6 Å². The summed E-state index contributed by atoms with van der Waals surface area (Å²) < 4.78 is 0. The number of aromatic nitrogens is 1. The van der Waals surface area contributed by atoms with E-state index in [9.17, 15) is 0 Å². The Bertz CT molecular complexity index is 403. The molecule has 0 saturated carbocycles. The van der Waals surface area contributed by atoms with E-state index in [1.54, 1.807) is 0 Å². The molecule has 1 rings (SSSR count). The second-order valence-corrected chi connectivity index (χ2v) is 6.85. The van der Waals surface area contributed by atoms with Gasteiger partial charge in [0.05, 0.1) is 0 Å². The number of nitrogens with one attached hydrogen (secondary N) is 1. The van der Waals surface area contributed by atoms with Crippen LogP contribution in [0.15, 0.2) is 12.3 Å². The highest BCUT2D eigenvalue weighted by Gasteiger charge is 2.14. The molecule has 1 aromatic rings. The largest absolute Gasteiger partial charge is 0.356 e. The molecule has 0 atom stereocenters. The highest BCUT2D eigenvalue weighted by molar-refractivity contribution is 5.47. The Morgan fingerprint density at radius 3 is 2.24 bits per heavy atom. The first-order chi connectivity index (χ1) is 9.93. The summed E-state index contributed by atoms with van der Waals surface area (Å²) in [4.78, 5) is 7.19. The Kier molecular flexibility index (Phi) is 7.73. The van der Waals surface area contributed by atoms with Crippen LogP contribution in [0.25, 0.3) is 0 Å². The average molecular weight is 291 g/mol. The zero-order valence-corrected chi connectivity index (χ0v) is 14.7. The van der Waals surface area contributed by atoms with Gasteiger partial charge in [-0.05, 0) is 48.9 Å². The van der Waals surface area contributed by atoms with Crippen molar-refractivity contribution in [3.8, 4) is 0 Å². The molecule has 0 amide bonds. The van der Waals surface area contributed by atoms with Gasteiger partial charge in [-0.25, -0.2) is 4.98 Å². The third-order valence-electron chi connectivity index (χ3n) is 3.33. The Balaban J connectivity index is 2.83. The van der Waals surface area contributed by atoms with Gasteiger partial charge in [-0.15, -0.1) is 0 Å². The topological polar surface area (TPSA) is 28.2 Å². The van der Waals surface area contributed by atoms with Crippen molar-refractivity contribution < 1.29 is 0 Å². The molecule has 0 aromatic carbocycles. The summed E-state index contributed by atoms with van der Waals surface area (Å²) in [7, 11) is 0. The standard InChI is InChI=1S/C18H33N3/c1-7-8-19-10-17-9-16(6)18(20-11-17)21(12-14(2)3)13-15(4)5/h9,11,14-15,19H,7-8,10,12-13H2,1-6H3. The lowest BCUT2D eigenvalue weighted by molar-refractivity contribution is 0.547. The van der Waals surface area contributed by atoms with Gasteiger partial charge in [0.15, 0.2) is 0 Å². The van der Waals surface area contributed by atoms with Gasteiger partial charge in [-0.2, -0.15) is 0 Å². The molecule has 0 bridgehead atoms. The van der Waals surface area contributed by atoms with E-state index in [1.807, 2.05) is 6.20 Å². The van der Waals surface area contributed by atoms with Gasteiger partial charge < -0.3 is 10.2 Å². The van der Waals surface area contributed by atoms with Crippen molar-refractivity contribution in [2.24, 2.45) is 11.8 Å². The maximum absolute atomic E-state index is 4.75. The van der Waals surface area contributed by atoms with Gasteiger partial charge in [0, 0.05) is 25.8 Å². The molecule has 1 heterocycles. The molecular formula is C18H33N3. The molecule has 0 aliphatic rings. The summed E-state index contributed by atoms with van der Waals surface area (Å²) in [5.41, 5.74) is 2.56. The lowest BCUT2D eigenvalue weighted by atomic mass is 10.1. The summed E-state index contributed by atoms with van der Waals surface area (Å²) in [6.45, 7) is 17.6. The van der Waals surface area contributed by atoms with Crippen LogP contribution in [-0.4, -0.2) is 24.6 Å². The van der Waals surface area contributed by atoms with Crippen LogP contribution in [0.4, 0.5) is 5.82 Å². The average Bonchev–Trinajstić information content (AvgIpc) is 2.37. The summed E-state index contributed by atoms with van der Waals surface area (Å²) in [5, 5.41) is 3.44. The van der Waals surface area contributed by atoms with Crippen molar-refractivity contribution in [1.82, 2.24) is 10.3 Å². The molecule has 0 spiro atoms. The number of hydrogen-bond acceptors (Lipinski definition) is 3. The molecule has 0 unspecified atom stereocenters. The summed E-state index contributed by atoms with van der Waals surface area (Å²) in [5.74, 6) is 2.45. The molecule has 120 valence electrons. The van der Waals surface area contributed by atoms with Crippen molar-refractivity contribution in [3.63, 3.8) is 0 Å². The van der Waals surface area contributed by atoms with E-state index < -0.39 is 0 Å². The van der Waals surface area contributed by atoms with E-state index in [2.05, 4.69) is 57.8 Å². The Hall–Kier alpha value is -1.09. The van der Waals surface area contributed by atoms with E-state index in [4.69, 9.17) is 4.98 Å². The second kappa shape index (κ2) is 9.04. The first kappa shape index (κ1) is 18.0. The van der Waals surface area contributed by atoms with Crippen molar-refractivity contribution in [3.05, 3.63) is 23.4 Å². The third-order valence-corrected chi connectivity index (χ3v) is 3.33. The number of anilines is 1. The molecule has 3 nitrogen and oxygen atoms in total. The smallest absolute Gasteiger partial charge is 0.131 e. The van der Waals surface area contributed by atoms with Crippen molar-refractivity contribution in [2.75, 3.05) is 24.5 Å². The SMILES string of the molecule is CCCNCc1cnc(N(CC(C)C)CC(C)C)c(C)c1. The van der Waals surface area contributed by atoms with Crippen LogP contribution in [0.1, 0.15) is 52.2 Å². The van der Waals surface area contributed by atoms with E-state index in [0.717, 1.165) is 32.0 Å². The lowest BCUT2D eigenvalue weighted by Gasteiger charge is -2.29. The molecule has 21 heavy (non-hydrogen) atoms.